The van der Waals surface area contributed by atoms with Crippen molar-refractivity contribution in [2.45, 2.75) is 26.1 Å². The highest BCUT2D eigenvalue weighted by atomic mass is 32.1. The van der Waals surface area contributed by atoms with Gasteiger partial charge in [-0.3, -0.25) is 4.99 Å². The number of hydrogen-bond acceptors (Lipinski definition) is 4. The summed E-state index contributed by atoms with van der Waals surface area (Å²) in [4.78, 5) is 8.44. The zero-order valence-electron chi connectivity index (χ0n) is 12.9. The van der Waals surface area contributed by atoms with Crippen LogP contribution in [0.3, 0.4) is 0 Å². The van der Waals surface area contributed by atoms with Crippen molar-refractivity contribution in [3.63, 3.8) is 0 Å². The van der Waals surface area contributed by atoms with Crippen LogP contribution in [0.4, 0.5) is 18.9 Å². The summed E-state index contributed by atoms with van der Waals surface area (Å²) < 4.78 is 41.0. The Hall–Kier alpha value is -2.29. The minimum absolute atomic E-state index is 0.0311. The fourth-order valence-corrected chi connectivity index (χ4v) is 2.73. The van der Waals surface area contributed by atoms with Crippen LogP contribution in [0.2, 0.25) is 0 Å². The highest BCUT2D eigenvalue weighted by molar-refractivity contribution is 7.09. The van der Waals surface area contributed by atoms with Gasteiger partial charge in [0, 0.05) is 24.0 Å². The average molecular weight is 358 g/mol. The molecule has 0 fully saturated rings. The van der Waals surface area contributed by atoms with Crippen molar-refractivity contribution in [2.24, 2.45) is 10.7 Å². The van der Waals surface area contributed by atoms with Crippen LogP contribution in [0.5, 0.6) is 5.75 Å². The summed E-state index contributed by atoms with van der Waals surface area (Å²) in [5, 5.41) is 5.63. The molecule has 3 N–H and O–H groups in total. The number of aromatic nitrogens is 1. The number of rotatable bonds is 6. The molecule has 2 rings (SSSR count). The number of anilines is 1. The SMILES string of the molecule is Cc1csc(CCCN=C(N)Nc2ccccc2OC(F)(F)F)n1. The molecule has 0 aliphatic carbocycles. The lowest BCUT2D eigenvalue weighted by Crippen LogP contribution is -2.24. The number of ether oxygens (including phenoxy) is 1. The van der Waals surface area contributed by atoms with E-state index in [-0.39, 0.29) is 17.4 Å². The van der Waals surface area contributed by atoms with Crippen molar-refractivity contribution in [3.05, 3.63) is 40.3 Å². The normalized spacial score (nSPS) is 12.2. The number of guanidine groups is 1. The molecule has 0 unspecified atom stereocenters. The molecule has 0 aliphatic rings. The van der Waals surface area contributed by atoms with Crippen LogP contribution < -0.4 is 15.8 Å². The summed E-state index contributed by atoms with van der Waals surface area (Å²) in [6.45, 7) is 2.38. The third-order valence-electron chi connectivity index (χ3n) is 2.87. The van der Waals surface area contributed by atoms with Crippen LogP contribution in [0.1, 0.15) is 17.1 Å². The largest absolute Gasteiger partial charge is 0.573 e. The van der Waals surface area contributed by atoms with Crippen molar-refractivity contribution < 1.29 is 17.9 Å². The van der Waals surface area contributed by atoms with Gasteiger partial charge in [0.2, 0.25) is 0 Å². The molecule has 0 spiro atoms. The third kappa shape index (κ3) is 6.07. The third-order valence-corrected chi connectivity index (χ3v) is 3.90. The molecular weight excluding hydrogens is 341 g/mol. The van der Waals surface area contributed by atoms with E-state index in [2.05, 4.69) is 20.0 Å². The standard InChI is InChI=1S/C15H17F3N4OS/c1-10-9-24-13(21-10)7-4-8-20-14(19)22-11-5-2-3-6-12(11)23-15(16,17)18/h2-3,5-6,9H,4,7-8H2,1H3,(H3,19,20,22). The molecule has 9 heteroatoms. The van der Waals surface area contributed by atoms with Crippen LogP contribution in [0, 0.1) is 6.92 Å². The van der Waals surface area contributed by atoms with Crippen molar-refractivity contribution in [2.75, 3.05) is 11.9 Å². The molecule has 1 aromatic heterocycles. The van der Waals surface area contributed by atoms with Gasteiger partial charge in [-0.15, -0.1) is 24.5 Å². The molecule has 0 saturated heterocycles. The van der Waals surface area contributed by atoms with Crippen LogP contribution >= 0.6 is 11.3 Å². The van der Waals surface area contributed by atoms with Gasteiger partial charge in [-0.25, -0.2) is 4.98 Å². The smallest absolute Gasteiger partial charge is 0.404 e. The highest BCUT2D eigenvalue weighted by Gasteiger charge is 2.32. The van der Waals surface area contributed by atoms with Crippen LogP contribution in [0.25, 0.3) is 0 Å². The van der Waals surface area contributed by atoms with Gasteiger partial charge in [-0.1, -0.05) is 12.1 Å². The molecule has 130 valence electrons. The number of para-hydroxylation sites is 2. The number of alkyl halides is 3. The van der Waals surface area contributed by atoms with Gasteiger partial charge in [0.05, 0.1) is 10.7 Å². The maximum atomic E-state index is 12.4. The second-order valence-corrected chi connectivity index (χ2v) is 5.86. The lowest BCUT2D eigenvalue weighted by atomic mass is 10.3. The van der Waals surface area contributed by atoms with E-state index in [9.17, 15) is 13.2 Å². The molecule has 1 aromatic carbocycles. The highest BCUT2D eigenvalue weighted by Crippen LogP contribution is 2.29. The number of nitrogens with one attached hydrogen (secondary N) is 1. The summed E-state index contributed by atoms with van der Waals surface area (Å²) >= 11 is 1.59. The first-order chi connectivity index (χ1) is 11.3. The number of hydrogen-bond donors (Lipinski definition) is 2. The summed E-state index contributed by atoms with van der Waals surface area (Å²) in [5.74, 6) is -0.329. The quantitative estimate of drug-likeness (QED) is 0.469. The van der Waals surface area contributed by atoms with E-state index in [0.29, 0.717) is 6.54 Å². The van der Waals surface area contributed by atoms with E-state index < -0.39 is 6.36 Å². The Morgan fingerprint density at radius 3 is 2.79 bits per heavy atom. The summed E-state index contributed by atoms with van der Waals surface area (Å²) in [5.41, 5.74) is 6.80. The number of benzene rings is 1. The molecule has 5 nitrogen and oxygen atoms in total. The van der Waals surface area contributed by atoms with Gasteiger partial charge in [0.15, 0.2) is 11.7 Å². The monoisotopic (exact) mass is 358 g/mol. The Morgan fingerprint density at radius 2 is 2.12 bits per heavy atom. The van der Waals surface area contributed by atoms with Gasteiger partial charge in [-0.2, -0.15) is 0 Å². The van der Waals surface area contributed by atoms with Gasteiger partial charge >= 0.3 is 6.36 Å². The fourth-order valence-electron chi connectivity index (χ4n) is 1.91. The molecule has 2 aromatic rings. The van der Waals surface area contributed by atoms with Crippen molar-refractivity contribution in [1.82, 2.24) is 4.98 Å². The van der Waals surface area contributed by atoms with E-state index >= 15 is 0 Å². The molecule has 0 aliphatic heterocycles. The molecule has 0 amide bonds. The Kier molecular flexibility index (Phi) is 6.02. The molecule has 1 heterocycles. The minimum atomic E-state index is -4.77. The topological polar surface area (TPSA) is 72.5 Å². The first-order valence-electron chi connectivity index (χ1n) is 7.16. The molecule has 0 saturated carbocycles. The van der Waals surface area contributed by atoms with Crippen molar-refractivity contribution in [1.29, 1.82) is 0 Å². The predicted molar refractivity (Wildman–Crippen MR) is 88.4 cm³/mol. The van der Waals surface area contributed by atoms with Gasteiger partial charge in [0.1, 0.15) is 0 Å². The lowest BCUT2D eigenvalue weighted by Gasteiger charge is -2.14. The van der Waals surface area contributed by atoms with Gasteiger partial charge in [-0.05, 0) is 25.5 Å². The number of aryl methyl sites for hydroxylation is 2. The number of halogens is 3. The van der Waals surface area contributed by atoms with Crippen molar-refractivity contribution >= 4 is 23.0 Å². The maximum absolute atomic E-state index is 12.4. The van der Waals surface area contributed by atoms with E-state index in [0.717, 1.165) is 23.5 Å². The zero-order valence-corrected chi connectivity index (χ0v) is 13.7. The van der Waals surface area contributed by atoms with E-state index in [1.165, 1.54) is 18.2 Å². The molecule has 0 radical (unpaired) electrons. The first kappa shape index (κ1) is 18.1. The average Bonchev–Trinajstić information content (AvgIpc) is 2.90. The number of thiazole rings is 1. The van der Waals surface area contributed by atoms with Gasteiger partial charge in [0.25, 0.3) is 0 Å². The Morgan fingerprint density at radius 1 is 1.38 bits per heavy atom. The summed E-state index contributed by atoms with van der Waals surface area (Å²) in [6, 6.07) is 5.65. The van der Waals surface area contributed by atoms with E-state index in [1.54, 1.807) is 17.4 Å². The Bertz CT molecular complexity index is 700. The number of nitrogens with zero attached hydrogens (tertiary/aromatic N) is 2. The second-order valence-electron chi connectivity index (χ2n) is 4.92. The second kappa shape index (κ2) is 8.00. The molecule has 24 heavy (non-hydrogen) atoms. The van der Waals surface area contributed by atoms with E-state index in [1.807, 2.05) is 12.3 Å². The Labute approximate surface area is 141 Å². The number of aliphatic imine (C=N–C) groups is 1. The predicted octanol–water partition coefficient (Wildman–Crippen LogP) is 3.71. The van der Waals surface area contributed by atoms with Gasteiger partial charge < -0.3 is 15.8 Å². The molecular formula is C15H17F3N4OS. The Balaban J connectivity index is 1.88. The van der Waals surface area contributed by atoms with Crippen LogP contribution in [-0.2, 0) is 6.42 Å². The maximum Gasteiger partial charge on any atom is 0.573 e. The zero-order chi connectivity index (χ0) is 17.6. The fraction of sp³-hybridized carbons (Fsp3) is 0.333. The van der Waals surface area contributed by atoms with E-state index in [4.69, 9.17) is 5.73 Å². The van der Waals surface area contributed by atoms with Crippen LogP contribution in [0.15, 0.2) is 34.6 Å². The summed E-state index contributed by atoms with van der Waals surface area (Å²) in [6.07, 6.45) is -3.24. The van der Waals surface area contributed by atoms with Crippen LogP contribution in [-0.4, -0.2) is 23.9 Å². The number of nitrogens with two attached hydrogens (primary N) is 1. The summed E-state index contributed by atoms with van der Waals surface area (Å²) in [7, 11) is 0. The lowest BCUT2D eigenvalue weighted by molar-refractivity contribution is -0.274. The van der Waals surface area contributed by atoms with Crippen molar-refractivity contribution in [3.8, 4) is 5.75 Å². The first-order valence-corrected chi connectivity index (χ1v) is 8.04. The molecule has 0 atom stereocenters. The minimum Gasteiger partial charge on any atom is -0.404 e. The molecule has 0 bridgehead atoms.